The molecule has 0 spiro atoms. The van der Waals surface area contributed by atoms with E-state index >= 15 is 0 Å². The van der Waals surface area contributed by atoms with Crippen LogP contribution in [0.5, 0.6) is 0 Å². The molecule has 21 heavy (non-hydrogen) atoms. The molecule has 0 rings (SSSR count). The molecule has 0 heterocycles. The minimum Gasteiger partial charge on any atom is -0.197 e. The molecule has 0 bridgehead atoms. The normalized spacial score (nSPS) is 10.5. The maximum absolute atomic E-state index is 8.66. The first-order valence-corrected chi connectivity index (χ1v) is 9.14. The Hall–Kier alpha value is -1.02. The standard InChI is InChI=1S/C19H34N2/c1-2-3-4-5-6-7-8-9-10-11-12-13-14-15-16-19(17-20)18-21/h19H,2-16H2,1H3. The van der Waals surface area contributed by atoms with Crippen molar-refractivity contribution < 1.29 is 0 Å². The van der Waals surface area contributed by atoms with Crippen molar-refractivity contribution in [2.45, 2.75) is 103 Å². The first kappa shape index (κ1) is 20.0. The van der Waals surface area contributed by atoms with E-state index in [1.54, 1.807) is 0 Å². The van der Waals surface area contributed by atoms with Crippen molar-refractivity contribution >= 4 is 0 Å². The van der Waals surface area contributed by atoms with Crippen molar-refractivity contribution in [2.75, 3.05) is 0 Å². The average Bonchev–Trinajstić information content (AvgIpc) is 2.51. The summed E-state index contributed by atoms with van der Waals surface area (Å²) in [7, 11) is 0. The SMILES string of the molecule is CCCCCCCCCCCCCCCCC(C#N)C#N. The molecule has 0 saturated heterocycles. The number of hydrogen-bond donors (Lipinski definition) is 0. The number of nitriles is 2. The molecule has 0 fully saturated rings. The van der Waals surface area contributed by atoms with Crippen LogP contribution in [-0.4, -0.2) is 0 Å². The summed E-state index contributed by atoms with van der Waals surface area (Å²) >= 11 is 0. The second-order valence-corrected chi connectivity index (χ2v) is 6.20. The van der Waals surface area contributed by atoms with E-state index in [4.69, 9.17) is 10.5 Å². The Morgan fingerprint density at radius 1 is 0.571 bits per heavy atom. The van der Waals surface area contributed by atoms with Crippen LogP contribution < -0.4 is 0 Å². The summed E-state index contributed by atoms with van der Waals surface area (Å²) in [5.41, 5.74) is 0. The van der Waals surface area contributed by atoms with Gasteiger partial charge in [0.1, 0.15) is 5.92 Å². The Kier molecular flexibility index (Phi) is 16.2. The second kappa shape index (κ2) is 17.0. The highest BCUT2D eigenvalue weighted by molar-refractivity contribution is 4.98. The molecular formula is C19H34N2. The lowest BCUT2D eigenvalue weighted by atomic mass is 10.0. The Balaban J connectivity index is 3.06. The predicted octanol–water partition coefficient (Wildman–Crippen LogP) is 6.52. The van der Waals surface area contributed by atoms with E-state index in [-0.39, 0.29) is 5.92 Å². The number of nitrogens with zero attached hydrogens (tertiary/aromatic N) is 2. The van der Waals surface area contributed by atoms with Crippen LogP contribution in [0, 0.1) is 28.6 Å². The molecule has 0 aliphatic carbocycles. The van der Waals surface area contributed by atoms with Crippen molar-refractivity contribution in [3.8, 4) is 12.1 Å². The minimum absolute atomic E-state index is 0.387. The van der Waals surface area contributed by atoms with E-state index < -0.39 is 0 Å². The zero-order chi connectivity index (χ0) is 15.6. The van der Waals surface area contributed by atoms with Crippen LogP contribution in [0.25, 0.3) is 0 Å². The molecule has 2 heteroatoms. The van der Waals surface area contributed by atoms with Gasteiger partial charge in [-0.3, -0.25) is 0 Å². The Labute approximate surface area is 132 Å². The topological polar surface area (TPSA) is 47.6 Å². The lowest BCUT2D eigenvalue weighted by molar-refractivity contribution is 0.528. The maximum atomic E-state index is 8.66. The van der Waals surface area contributed by atoms with Crippen LogP contribution in [0.3, 0.4) is 0 Å². The van der Waals surface area contributed by atoms with Crippen molar-refractivity contribution in [3.05, 3.63) is 0 Å². The Bertz CT molecular complexity index is 271. The highest BCUT2D eigenvalue weighted by Gasteiger charge is 2.03. The molecule has 0 aliphatic heterocycles. The van der Waals surface area contributed by atoms with Crippen LogP contribution in [0.15, 0.2) is 0 Å². The van der Waals surface area contributed by atoms with Crippen LogP contribution in [0.4, 0.5) is 0 Å². The largest absolute Gasteiger partial charge is 0.197 e. The third-order valence-corrected chi connectivity index (χ3v) is 4.16. The molecule has 0 unspecified atom stereocenters. The van der Waals surface area contributed by atoms with Gasteiger partial charge >= 0.3 is 0 Å². The zero-order valence-corrected chi connectivity index (χ0v) is 14.1. The predicted molar refractivity (Wildman–Crippen MR) is 89.6 cm³/mol. The van der Waals surface area contributed by atoms with Gasteiger partial charge in [-0.2, -0.15) is 10.5 Å². The summed E-state index contributed by atoms with van der Waals surface area (Å²) in [5, 5.41) is 17.3. The van der Waals surface area contributed by atoms with Gasteiger partial charge in [0.2, 0.25) is 0 Å². The highest BCUT2D eigenvalue weighted by atomic mass is 14.3. The van der Waals surface area contributed by atoms with Crippen molar-refractivity contribution in [2.24, 2.45) is 5.92 Å². The van der Waals surface area contributed by atoms with E-state index in [0.29, 0.717) is 0 Å². The van der Waals surface area contributed by atoms with Gasteiger partial charge in [0, 0.05) is 0 Å². The average molecular weight is 290 g/mol. The molecule has 0 aliphatic rings. The lowest BCUT2D eigenvalue weighted by Crippen LogP contribution is -1.92. The van der Waals surface area contributed by atoms with Crippen molar-refractivity contribution in [1.82, 2.24) is 0 Å². The summed E-state index contributed by atoms with van der Waals surface area (Å²) in [5.74, 6) is -0.387. The van der Waals surface area contributed by atoms with Crippen molar-refractivity contribution in [1.29, 1.82) is 10.5 Å². The number of rotatable bonds is 15. The van der Waals surface area contributed by atoms with Crippen LogP contribution in [0.2, 0.25) is 0 Å². The van der Waals surface area contributed by atoms with Gasteiger partial charge in [-0.05, 0) is 6.42 Å². The van der Waals surface area contributed by atoms with Gasteiger partial charge in [0.15, 0.2) is 0 Å². The summed E-state index contributed by atoms with van der Waals surface area (Å²) in [6.07, 6.45) is 19.6. The lowest BCUT2D eigenvalue weighted by Gasteiger charge is -2.03. The number of hydrogen-bond acceptors (Lipinski definition) is 2. The smallest absolute Gasteiger partial charge is 0.133 e. The molecule has 0 atom stereocenters. The van der Waals surface area contributed by atoms with Gasteiger partial charge in [0.05, 0.1) is 12.1 Å². The molecule has 0 aromatic heterocycles. The molecule has 0 aromatic rings. The summed E-state index contributed by atoms with van der Waals surface area (Å²) in [6, 6.07) is 4.07. The van der Waals surface area contributed by atoms with Gasteiger partial charge in [-0.1, -0.05) is 96.8 Å². The van der Waals surface area contributed by atoms with E-state index in [1.807, 2.05) is 12.1 Å². The van der Waals surface area contributed by atoms with E-state index in [0.717, 1.165) is 12.8 Å². The quantitative estimate of drug-likeness (QED) is 0.322. The summed E-state index contributed by atoms with van der Waals surface area (Å²) in [6.45, 7) is 2.27. The molecule has 0 radical (unpaired) electrons. The van der Waals surface area contributed by atoms with Gasteiger partial charge in [-0.25, -0.2) is 0 Å². The highest BCUT2D eigenvalue weighted by Crippen LogP contribution is 2.14. The van der Waals surface area contributed by atoms with Gasteiger partial charge < -0.3 is 0 Å². The monoisotopic (exact) mass is 290 g/mol. The third kappa shape index (κ3) is 15.2. The Morgan fingerprint density at radius 2 is 0.905 bits per heavy atom. The zero-order valence-electron chi connectivity index (χ0n) is 14.1. The van der Waals surface area contributed by atoms with Gasteiger partial charge in [-0.15, -0.1) is 0 Å². The molecular weight excluding hydrogens is 256 g/mol. The minimum atomic E-state index is -0.387. The summed E-state index contributed by atoms with van der Waals surface area (Å²) < 4.78 is 0. The molecule has 0 aromatic carbocycles. The molecule has 0 amide bonds. The fraction of sp³-hybridized carbons (Fsp3) is 0.895. The van der Waals surface area contributed by atoms with Crippen molar-refractivity contribution in [3.63, 3.8) is 0 Å². The van der Waals surface area contributed by atoms with Gasteiger partial charge in [0.25, 0.3) is 0 Å². The first-order valence-electron chi connectivity index (χ1n) is 9.14. The second-order valence-electron chi connectivity index (χ2n) is 6.20. The Morgan fingerprint density at radius 3 is 1.24 bits per heavy atom. The van der Waals surface area contributed by atoms with E-state index in [9.17, 15) is 0 Å². The number of unbranched alkanes of at least 4 members (excludes halogenated alkanes) is 13. The van der Waals surface area contributed by atoms with Crippen LogP contribution >= 0.6 is 0 Å². The first-order chi connectivity index (χ1) is 10.3. The van der Waals surface area contributed by atoms with Crippen LogP contribution in [0.1, 0.15) is 103 Å². The third-order valence-electron chi connectivity index (χ3n) is 4.16. The fourth-order valence-corrected chi connectivity index (χ4v) is 2.70. The van der Waals surface area contributed by atoms with Crippen LogP contribution in [-0.2, 0) is 0 Å². The summed E-state index contributed by atoms with van der Waals surface area (Å²) in [4.78, 5) is 0. The molecule has 120 valence electrons. The van der Waals surface area contributed by atoms with E-state index in [1.165, 1.54) is 83.5 Å². The molecule has 0 saturated carbocycles. The van der Waals surface area contributed by atoms with E-state index in [2.05, 4.69) is 6.92 Å². The fourth-order valence-electron chi connectivity index (χ4n) is 2.70. The molecule has 2 nitrogen and oxygen atoms in total. The maximum Gasteiger partial charge on any atom is 0.133 e. The molecule has 0 N–H and O–H groups in total.